The molecule has 1 aliphatic heterocycles. The first-order chi connectivity index (χ1) is 13.9. The van der Waals surface area contributed by atoms with Crippen LogP contribution >= 0.6 is 0 Å². The summed E-state index contributed by atoms with van der Waals surface area (Å²) in [6.45, 7) is 1.06. The quantitative estimate of drug-likeness (QED) is 0.777. The molecule has 1 unspecified atom stereocenters. The molecule has 1 atom stereocenters. The van der Waals surface area contributed by atoms with Gasteiger partial charge in [-0.2, -0.15) is 0 Å². The minimum atomic E-state index is -1.21. The van der Waals surface area contributed by atoms with Gasteiger partial charge in [-0.1, -0.05) is 0 Å². The van der Waals surface area contributed by atoms with Gasteiger partial charge in [0.05, 0.1) is 5.56 Å². The van der Waals surface area contributed by atoms with Crippen LogP contribution in [0.3, 0.4) is 0 Å². The molecular formula is C21H23F3N4O. The van der Waals surface area contributed by atoms with Gasteiger partial charge in [0.2, 0.25) is 0 Å². The molecule has 1 aromatic heterocycles. The van der Waals surface area contributed by atoms with Gasteiger partial charge in [-0.05, 0) is 49.7 Å². The molecule has 5 nitrogen and oxygen atoms in total. The van der Waals surface area contributed by atoms with Crippen LogP contribution in [0.4, 0.5) is 13.2 Å². The third kappa shape index (κ3) is 4.42. The number of likely N-dealkylation sites (tertiary alicyclic amines) is 1. The van der Waals surface area contributed by atoms with E-state index in [1.807, 2.05) is 0 Å². The highest BCUT2D eigenvalue weighted by molar-refractivity contribution is 5.93. The van der Waals surface area contributed by atoms with Gasteiger partial charge in [0.15, 0.2) is 11.6 Å². The fourth-order valence-electron chi connectivity index (χ4n) is 3.85. The summed E-state index contributed by atoms with van der Waals surface area (Å²) in [6, 6.07) is 1.02. The Morgan fingerprint density at radius 3 is 2.28 bits per heavy atom. The first-order valence-corrected chi connectivity index (χ1v) is 9.92. The number of halogens is 3. The number of hydrogen-bond acceptors (Lipinski definition) is 4. The molecule has 2 aliphatic rings. The standard InChI is InChI=1S/C21H23F3N4O/c22-16-9-18(24)17(23)7-14(16)8-19(25)12-3-5-28(6-4-12)21(29)15-10-26-20(27-11-15)13-1-2-13/h7,9-13,19H,1-6,8,25H2. The highest BCUT2D eigenvalue weighted by atomic mass is 19.2. The van der Waals surface area contributed by atoms with Gasteiger partial charge >= 0.3 is 0 Å². The molecule has 29 heavy (non-hydrogen) atoms. The zero-order valence-corrected chi connectivity index (χ0v) is 16.0. The van der Waals surface area contributed by atoms with E-state index >= 15 is 0 Å². The Labute approximate surface area is 167 Å². The van der Waals surface area contributed by atoms with Crippen molar-refractivity contribution in [1.82, 2.24) is 14.9 Å². The Morgan fingerprint density at radius 1 is 1.03 bits per heavy atom. The summed E-state index contributed by atoms with van der Waals surface area (Å²) in [7, 11) is 0. The molecule has 1 aromatic carbocycles. The van der Waals surface area contributed by atoms with E-state index in [1.165, 1.54) is 0 Å². The summed E-state index contributed by atoms with van der Waals surface area (Å²) < 4.78 is 40.3. The number of benzene rings is 1. The molecule has 2 aromatic rings. The molecule has 0 bridgehead atoms. The predicted molar refractivity (Wildman–Crippen MR) is 101 cm³/mol. The molecule has 2 fully saturated rings. The number of amides is 1. The number of hydrogen-bond donors (Lipinski definition) is 1. The van der Waals surface area contributed by atoms with Crippen molar-refractivity contribution in [2.45, 2.75) is 44.1 Å². The van der Waals surface area contributed by atoms with E-state index in [4.69, 9.17) is 5.73 Å². The van der Waals surface area contributed by atoms with E-state index in [1.54, 1.807) is 17.3 Å². The maximum Gasteiger partial charge on any atom is 0.256 e. The van der Waals surface area contributed by atoms with Gasteiger partial charge in [-0.3, -0.25) is 4.79 Å². The Balaban J connectivity index is 1.32. The van der Waals surface area contributed by atoms with Crippen molar-refractivity contribution < 1.29 is 18.0 Å². The fraction of sp³-hybridized carbons (Fsp3) is 0.476. The second-order valence-electron chi connectivity index (χ2n) is 7.96. The Kier molecular flexibility index (Phi) is 5.54. The summed E-state index contributed by atoms with van der Waals surface area (Å²) in [5, 5.41) is 0. The van der Waals surface area contributed by atoms with Crippen molar-refractivity contribution in [1.29, 1.82) is 0 Å². The van der Waals surface area contributed by atoms with Crippen LogP contribution in [0, 0.1) is 23.4 Å². The average molecular weight is 404 g/mol. The zero-order chi connectivity index (χ0) is 20.5. The van der Waals surface area contributed by atoms with Crippen molar-refractivity contribution in [2.24, 2.45) is 11.7 Å². The summed E-state index contributed by atoms with van der Waals surface area (Å²) in [4.78, 5) is 23.0. The molecule has 154 valence electrons. The molecule has 0 spiro atoms. The van der Waals surface area contributed by atoms with Crippen LogP contribution in [0.5, 0.6) is 0 Å². The third-order valence-corrected chi connectivity index (χ3v) is 5.84. The van der Waals surface area contributed by atoms with Crippen LogP contribution in [0.15, 0.2) is 24.5 Å². The zero-order valence-electron chi connectivity index (χ0n) is 16.0. The van der Waals surface area contributed by atoms with Gasteiger partial charge in [0, 0.05) is 43.5 Å². The number of carbonyl (C=O) groups excluding carboxylic acids is 1. The maximum atomic E-state index is 13.9. The highest BCUT2D eigenvalue weighted by Crippen LogP contribution is 2.37. The fourth-order valence-corrected chi connectivity index (χ4v) is 3.85. The third-order valence-electron chi connectivity index (χ3n) is 5.84. The minimum Gasteiger partial charge on any atom is -0.339 e. The molecule has 1 saturated carbocycles. The van der Waals surface area contributed by atoms with Crippen molar-refractivity contribution in [2.75, 3.05) is 13.1 Å². The summed E-state index contributed by atoms with van der Waals surface area (Å²) in [5.41, 5.74) is 6.76. The lowest BCUT2D eigenvalue weighted by molar-refractivity contribution is 0.0677. The average Bonchev–Trinajstić information content (AvgIpc) is 3.57. The minimum absolute atomic E-state index is 0.0695. The predicted octanol–water partition coefficient (Wildman–Crippen LogP) is 3.19. The Bertz CT molecular complexity index is 894. The number of rotatable bonds is 5. The number of aromatic nitrogens is 2. The molecule has 4 rings (SSSR count). The Hall–Kier alpha value is -2.48. The lowest BCUT2D eigenvalue weighted by atomic mass is 9.86. The van der Waals surface area contributed by atoms with Gasteiger partial charge in [0.1, 0.15) is 11.6 Å². The Morgan fingerprint density at radius 2 is 1.66 bits per heavy atom. The monoisotopic (exact) mass is 404 g/mol. The van der Waals surface area contributed by atoms with E-state index < -0.39 is 23.5 Å². The van der Waals surface area contributed by atoms with E-state index in [0.717, 1.165) is 24.7 Å². The molecule has 2 N–H and O–H groups in total. The van der Waals surface area contributed by atoms with Crippen LogP contribution in [0.2, 0.25) is 0 Å². The van der Waals surface area contributed by atoms with Crippen LogP contribution < -0.4 is 5.73 Å². The van der Waals surface area contributed by atoms with Crippen molar-refractivity contribution in [3.63, 3.8) is 0 Å². The first kappa shape index (κ1) is 19.8. The van der Waals surface area contributed by atoms with Crippen molar-refractivity contribution >= 4 is 5.91 Å². The second-order valence-corrected chi connectivity index (χ2v) is 7.96. The van der Waals surface area contributed by atoms with Crippen molar-refractivity contribution in [3.8, 4) is 0 Å². The SMILES string of the molecule is NC(Cc1cc(F)c(F)cc1F)C1CCN(C(=O)c2cnc(C3CC3)nc2)CC1. The summed E-state index contributed by atoms with van der Waals surface area (Å²) >= 11 is 0. The lowest BCUT2D eigenvalue weighted by Gasteiger charge is -2.34. The summed E-state index contributed by atoms with van der Waals surface area (Å²) in [5.74, 6) is -1.87. The van der Waals surface area contributed by atoms with Crippen LogP contribution in [-0.4, -0.2) is 39.9 Å². The lowest BCUT2D eigenvalue weighted by Crippen LogP contribution is -2.44. The van der Waals surface area contributed by atoms with Crippen LogP contribution in [0.1, 0.15) is 53.3 Å². The van der Waals surface area contributed by atoms with E-state index in [9.17, 15) is 18.0 Å². The van der Waals surface area contributed by atoms with E-state index in [-0.39, 0.29) is 23.8 Å². The molecule has 0 radical (unpaired) electrons. The van der Waals surface area contributed by atoms with Crippen LogP contribution in [-0.2, 0) is 6.42 Å². The largest absolute Gasteiger partial charge is 0.339 e. The smallest absolute Gasteiger partial charge is 0.256 e. The molecule has 1 amide bonds. The first-order valence-electron chi connectivity index (χ1n) is 9.92. The molecule has 2 heterocycles. The number of nitrogens with zero attached hydrogens (tertiary/aromatic N) is 3. The number of carbonyl (C=O) groups is 1. The van der Waals surface area contributed by atoms with E-state index in [2.05, 4.69) is 9.97 Å². The maximum absolute atomic E-state index is 13.9. The van der Waals surface area contributed by atoms with Gasteiger partial charge < -0.3 is 10.6 Å². The number of piperidine rings is 1. The van der Waals surface area contributed by atoms with E-state index in [0.29, 0.717) is 43.5 Å². The molecular weight excluding hydrogens is 381 g/mol. The molecule has 8 heteroatoms. The normalized spacial score (nSPS) is 18.7. The molecule has 1 aliphatic carbocycles. The van der Waals surface area contributed by atoms with Crippen molar-refractivity contribution in [3.05, 3.63) is 58.9 Å². The second kappa shape index (κ2) is 8.10. The highest BCUT2D eigenvalue weighted by Gasteiger charge is 2.29. The van der Waals surface area contributed by atoms with Gasteiger partial charge in [-0.15, -0.1) is 0 Å². The summed E-state index contributed by atoms with van der Waals surface area (Å²) in [6.07, 6.45) is 6.85. The topological polar surface area (TPSA) is 72.1 Å². The number of nitrogens with two attached hydrogens (primary N) is 1. The van der Waals surface area contributed by atoms with Crippen LogP contribution in [0.25, 0.3) is 0 Å². The van der Waals surface area contributed by atoms with Gasteiger partial charge in [-0.25, -0.2) is 23.1 Å². The van der Waals surface area contributed by atoms with Gasteiger partial charge in [0.25, 0.3) is 5.91 Å². The molecule has 1 saturated heterocycles.